The SMILES string of the molecule is CN1Cc2ccnn2CC2(CCNC2)C1. The van der Waals surface area contributed by atoms with Crippen molar-refractivity contribution in [2.45, 2.75) is 19.5 Å². The van der Waals surface area contributed by atoms with Crippen molar-refractivity contribution in [3.8, 4) is 0 Å². The fourth-order valence-electron chi connectivity index (χ4n) is 2.97. The highest BCUT2D eigenvalue weighted by molar-refractivity contribution is 5.05. The molecule has 3 rings (SSSR count). The van der Waals surface area contributed by atoms with Crippen LogP contribution in [0.25, 0.3) is 0 Å². The standard InChI is InChI=1S/C11H18N4/c1-14-6-10-2-4-13-15(10)9-11(8-14)3-5-12-7-11/h2,4,12H,3,5-9H2,1H3. The maximum Gasteiger partial charge on any atom is 0.0524 e. The van der Waals surface area contributed by atoms with Crippen LogP contribution in [0.5, 0.6) is 0 Å². The van der Waals surface area contributed by atoms with E-state index in [2.05, 4.69) is 33.1 Å². The molecule has 1 atom stereocenters. The summed E-state index contributed by atoms with van der Waals surface area (Å²) in [6.45, 7) is 5.58. The van der Waals surface area contributed by atoms with Crippen LogP contribution in [0, 0.1) is 5.41 Å². The molecule has 0 saturated carbocycles. The lowest BCUT2D eigenvalue weighted by molar-refractivity contribution is 0.181. The topological polar surface area (TPSA) is 33.1 Å². The van der Waals surface area contributed by atoms with Crippen molar-refractivity contribution in [3.05, 3.63) is 18.0 Å². The zero-order chi connectivity index (χ0) is 10.3. The van der Waals surface area contributed by atoms with Crippen LogP contribution in [0.2, 0.25) is 0 Å². The first-order valence-electron chi connectivity index (χ1n) is 5.67. The van der Waals surface area contributed by atoms with Crippen LogP contribution in [0.4, 0.5) is 0 Å². The molecule has 1 fully saturated rings. The van der Waals surface area contributed by atoms with E-state index in [-0.39, 0.29) is 0 Å². The molecule has 15 heavy (non-hydrogen) atoms. The third-order valence-electron chi connectivity index (χ3n) is 3.66. The fraction of sp³-hybridized carbons (Fsp3) is 0.727. The lowest BCUT2D eigenvalue weighted by Crippen LogP contribution is -2.37. The maximum atomic E-state index is 4.43. The largest absolute Gasteiger partial charge is 0.316 e. The smallest absolute Gasteiger partial charge is 0.0524 e. The van der Waals surface area contributed by atoms with E-state index >= 15 is 0 Å². The Balaban J connectivity index is 1.94. The Morgan fingerprint density at radius 3 is 3.20 bits per heavy atom. The van der Waals surface area contributed by atoms with Crippen LogP contribution in [0.1, 0.15) is 12.1 Å². The van der Waals surface area contributed by atoms with Crippen molar-refractivity contribution in [3.63, 3.8) is 0 Å². The molecule has 0 radical (unpaired) electrons. The molecule has 2 aliphatic heterocycles. The van der Waals surface area contributed by atoms with E-state index in [9.17, 15) is 0 Å². The summed E-state index contributed by atoms with van der Waals surface area (Å²) in [5.41, 5.74) is 1.76. The van der Waals surface area contributed by atoms with Crippen molar-refractivity contribution in [2.75, 3.05) is 26.7 Å². The maximum absolute atomic E-state index is 4.43. The monoisotopic (exact) mass is 206 g/mol. The Kier molecular flexibility index (Phi) is 2.07. The van der Waals surface area contributed by atoms with Gasteiger partial charge in [-0.15, -0.1) is 0 Å². The summed E-state index contributed by atoms with van der Waals surface area (Å²) in [5, 5.41) is 7.92. The molecule has 4 heteroatoms. The predicted octanol–water partition coefficient (Wildman–Crippen LogP) is 0.308. The highest BCUT2D eigenvalue weighted by Crippen LogP contribution is 2.31. The van der Waals surface area contributed by atoms with E-state index in [1.54, 1.807) is 0 Å². The van der Waals surface area contributed by atoms with Crippen LogP contribution in [0.15, 0.2) is 12.3 Å². The van der Waals surface area contributed by atoms with E-state index in [4.69, 9.17) is 0 Å². The van der Waals surface area contributed by atoms with Gasteiger partial charge in [-0.1, -0.05) is 0 Å². The van der Waals surface area contributed by atoms with Crippen molar-refractivity contribution >= 4 is 0 Å². The van der Waals surface area contributed by atoms with Crippen LogP contribution >= 0.6 is 0 Å². The van der Waals surface area contributed by atoms with Crippen LogP contribution < -0.4 is 5.32 Å². The summed E-state index contributed by atoms with van der Waals surface area (Å²) in [6, 6.07) is 2.14. The molecule has 0 amide bonds. The number of aromatic nitrogens is 2. The number of hydrogen-bond acceptors (Lipinski definition) is 3. The molecule has 3 heterocycles. The zero-order valence-electron chi connectivity index (χ0n) is 9.24. The second-order valence-electron chi connectivity index (χ2n) is 5.08. The number of rotatable bonds is 0. The summed E-state index contributed by atoms with van der Waals surface area (Å²) in [4.78, 5) is 2.42. The van der Waals surface area contributed by atoms with Crippen LogP contribution in [0.3, 0.4) is 0 Å². The normalized spacial score (nSPS) is 31.8. The van der Waals surface area contributed by atoms with E-state index in [1.807, 2.05) is 6.20 Å². The number of nitrogens with one attached hydrogen (secondary N) is 1. The van der Waals surface area contributed by atoms with Gasteiger partial charge in [-0.3, -0.25) is 9.58 Å². The third-order valence-corrected chi connectivity index (χ3v) is 3.66. The van der Waals surface area contributed by atoms with Gasteiger partial charge in [0.2, 0.25) is 0 Å². The van der Waals surface area contributed by atoms with E-state index in [0.717, 1.165) is 26.2 Å². The quantitative estimate of drug-likeness (QED) is 0.663. The van der Waals surface area contributed by atoms with Gasteiger partial charge < -0.3 is 5.32 Å². The van der Waals surface area contributed by atoms with E-state index in [1.165, 1.54) is 18.7 Å². The molecule has 1 spiro atoms. The molecule has 82 valence electrons. The van der Waals surface area contributed by atoms with Gasteiger partial charge in [0.15, 0.2) is 0 Å². The summed E-state index contributed by atoms with van der Waals surface area (Å²) in [6.07, 6.45) is 3.20. The van der Waals surface area contributed by atoms with Crippen LogP contribution in [-0.4, -0.2) is 41.4 Å². The lowest BCUT2D eigenvalue weighted by atomic mass is 9.87. The van der Waals surface area contributed by atoms with Crippen LogP contribution in [-0.2, 0) is 13.1 Å². The summed E-state index contributed by atoms with van der Waals surface area (Å²) in [7, 11) is 2.21. The molecule has 0 aromatic carbocycles. The fourth-order valence-corrected chi connectivity index (χ4v) is 2.97. The van der Waals surface area contributed by atoms with Gasteiger partial charge in [-0.25, -0.2) is 0 Å². The molecule has 1 unspecified atom stereocenters. The Hall–Kier alpha value is -0.870. The summed E-state index contributed by atoms with van der Waals surface area (Å²) >= 11 is 0. The lowest BCUT2D eigenvalue weighted by Gasteiger charge is -2.29. The highest BCUT2D eigenvalue weighted by atomic mass is 15.3. The third kappa shape index (κ3) is 1.58. The van der Waals surface area contributed by atoms with Gasteiger partial charge in [0.1, 0.15) is 0 Å². The Morgan fingerprint density at radius 1 is 1.47 bits per heavy atom. The average Bonchev–Trinajstić information content (AvgIpc) is 2.75. The summed E-state index contributed by atoms with van der Waals surface area (Å²) in [5.74, 6) is 0. The first kappa shape index (κ1) is 9.36. The molecule has 0 aliphatic carbocycles. The van der Waals surface area contributed by atoms with Gasteiger partial charge in [-0.05, 0) is 26.1 Å². The average molecular weight is 206 g/mol. The van der Waals surface area contributed by atoms with Gasteiger partial charge in [0.25, 0.3) is 0 Å². The second kappa shape index (κ2) is 3.32. The van der Waals surface area contributed by atoms with E-state index < -0.39 is 0 Å². The van der Waals surface area contributed by atoms with Gasteiger partial charge in [0, 0.05) is 37.8 Å². The van der Waals surface area contributed by atoms with Crippen molar-refractivity contribution in [1.82, 2.24) is 20.0 Å². The van der Waals surface area contributed by atoms with Gasteiger partial charge in [-0.2, -0.15) is 5.10 Å². The van der Waals surface area contributed by atoms with Crippen molar-refractivity contribution in [2.24, 2.45) is 5.41 Å². The molecule has 4 nitrogen and oxygen atoms in total. The Morgan fingerprint density at radius 2 is 2.40 bits per heavy atom. The minimum absolute atomic E-state index is 0.409. The zero-order valence-corrected chi connectivity index (χ0v) is 9.24. The van der Waals surface area contributed by atoms with Gasteiger partial charge >= 0.3 is 0 Å². The molecular weight excluding hydrogens is 188 g/mol. The van der Waals surface area contributed by atoms with Crippen molar-refractivity contribution in [1.29, 1.82) is 0 Å². The molecule has 0 bridgehead atoms. The Bertz CT molecular complexity index is 351. The summed E-state index contributed by atoms with van der Waals surface area (Å²) < 4.78 is 2.19. The molecule has 2 aliphatic rings. The minimum atomic E-state index is 0.409. The first-order valence-corrected chi connectivity index (χ1v) is 5.67. The first-order chi connectivity index (χ1) is 7.27. The second-order valence-corrected chi connectivity index (χ2v) is 5.08. The van der Waals surface area contributed by atoms with Gasteiger partial charge in [0.05, 0.1) is 5.69 Å². The van der Waals surface area contributed by atoms with Crippen molar-refractivity contribution < 1.29 is 0 Å². The molecule has 1 N–H and O–H groups in total. The number of nitrogens with zero attached hydrogens (tertiary/aromatic N) is 3. The number of fused-ring (bicyclic) bond motifs is 1. The van der Waals surface area contributed by atoms with E-state index in [0.29, 0.717) is 5.41 Å². The molecule has 1 aromatic heterocycles. The molecular formula is C11H18N4. The molecule has 1 aromatic rings. The highest BCUT2D eigenvalue weighted by Gasteiger charge is 2.37. The molecule has 1 saturated heterocycles. The predicted molar refractivity (Wildman–Crippen MR) is 58.5 cm³/mol. The number of hydrogen-bond donors (Lipinski definition) is 1. The Labute approximate surface area is 90.3 Å². The minimum Gasteiger partial charge on any atom is -0.316 e.